The molecule has 6 heteroatoms. The number of nitrogens with two attached hydrogens (primary N) is 1. The smallest absolute Gasteiger partial charge is 0.265 e. The van der Waals surface area contributed by atoms with Crippen molar-refractivity contribution in [1.29, 1.82) is 0 Å². The number of amides is 1. The van der Waals surface area contributed by atoms with Gasteiger partial charge in [0.15, 0.2) is 5.13 Å². The Kier molecular flexibility index (Phi) is 5.01. The lowest BCUT2D eigenvalue weighted by Crippen LogP contribution is -2.26. The van der Waals surface area contributed by atoms with Crippen LogP contribution in [0.2, 0.25) is 0 Å². The molecule has 4 N–H and O–H groups in total. The molecule has 0 atom stereocenters. The van der Waals surface area contributed by atoms with E-state index >= 15 is 0 Å². The summed E-state index contributed by atoms with van der Waals surface area (Å²) in [4.78, 5) is 16.6. The van der Waals surface area contributed by atoms with Crippen molar-refractivity contribution in [2.75, 3.05) is 24.6 Å². The first kappa shape index (κ1) is 14.1. The maximum atomic E-state index is 12.0. The van der Waals surface area contributed by atoms with Gasteiger partial charge in [-0.1, -0.05) is 43.4 Å². The van der Waals surface area contributed by atoms with Crippen LogP contribution in [0.1, 0.15) is 48.2 Å². The number of carbonyl (C=O) groups excluding carboxylic acids is 1. The quantitative estimate of drug-likeness (QED) is 0.775. The molecule has 1 aliphatic carbocycles. The molecule has 0 spiro atoms. The van der Waals surface area contributed by atoms with Gasteiger partial charge in [-0.2, -0.15) is 0 Å². The number of aromatic nitrogens is 1. The molecule has 5 nitrogen and oxygen atoms in total. The standard InChI is InChI=1S/C13H22N4OS/c1-15-13-17-11(14)10(19-13)12(18)16-8-7-9-5-3-2-4-6-9/h9H,2-8,14H2,1H3,(H,15,17)(H,16,18). The van der Waals surface area contributed by atoms with E-state index in [0.717, 1.165) is 18.9 Å². The van der Waals surface area contributed by atoms with Crippen molar-refractivity contribution in [1.82, 2.24) is 10.3 Å². The summed E-state index contributed by atoms with van der Waals surface area (Å²) >= 11 is 1.29. The number of anilines is 2. The third kappa shape index (κ3) is 3.83. The van der Waals surface area contributed by atoms with Crippen molar-refractivity contribution >= 4 is 28.2 Å². The molecule has 1 aromatic rings. The Bertz CT molecular complexity index is 426. The number of hydrogen-bond acceptors (Lipinski definition) is 5. The Labute approximate surface area is 118 Å². The van der Waals surface area contributed by atoms with Crippen molar-refractivity contribution in [3.63, 3.8) is 0 Å². The summed E-state index contributed by atoms with van der Waals surface area (Å²) in [5.74, 6) is 0.984. The van der Waals surface area contributed by atoms with Gasteiger partial charge in [0.25, 0.3) is 5.91 Å². The summed E-state index contributed by atoms with van der Waals surface area (Å²) in [5.41, 5.74) is 5.73. The van der Waals surface area contributed by atoms with Crippen LogP contribution in [0.5, 0.6) is 0 Å². The van der Waals surface area contributed by atoms with E-state index in [9.17, 15) is 4.79 Å². The number of carbonyl (C=O) groups is 1. The van der Waals surface area contributed by atoms with E-state index in [2.05, 4.69) is 15.6 Å². The van der Waals surface area contributed by atoms with Crippen LogP contribution < -0.4 is 16.4 Å². The van der Waals surface area contributed by atoms with Gasteiger partial charge in [0.1, 0.15) is 10.7 Å². The summed E-state index contributed by atoms with van der Waals surface area (Å²) in [7, 11) is 1.77. The second kappa shape index (κ2) is 6.75. The maximum absolute atomic E-state index is 12.0. The van der Waals surface area contributed by atoms with Crippen LogP contribution in [0.15, 0.2) is 0 Å². The van der Waals surface area contributed by atoms with Crippen molar-refractivity contribution in [2.45, 2.75) is 38.5 Å². The van der Waals surface area contributed by atoms with Crippen LogP contribution in [0.4, 0.5) is 10.9 Å². The second-order valence-electron chi connectivity index (χ2n) is 5.03. The zero-order valence-electron chi connectivity index (χ0n) is 11.4. The third-order valence-corrected chi connectivity index (χ3v) is 4.72. The fourth-order valence-corrected chi connectivity index (χ4v) is 3.30. The molecule has 1 saturated carbocycles. The summed E-state index contributed by atoms with van der Waals surface area (Å²) in [6.07, 6.45) is 7.74. The Morgan fingerprint density at radius 2 is 2.16 bits per heavy atom. The lowest BCUT2D eigenvalue weighted by atomic mass is 9.87. The first-order valence-corrected chi connectivity index (χ1v) is 7.74. The molecular formula is C13H22N4OS. The van der Waals surface area contributed by atoms with Crippen molar-refractivity contribution < 1.29 is 4.79 Å². The molecule has 0 saturated heterocycles. The molecular weight excluding hydrogens is 260 g/mol. The van der Waals surface area contributed by atoms with Gasteiger partial charge in [-0.25, -0.2) is 4.98 Å². The van der Waals surface area contributed by atoms with E-state index in [-0.39, 0.29) is 5.91 Å². The Morgan fingerprint density at radius 1 is 1.42 bits per heavy atom. The third-order valence-electron chi connectivity index (χ3n) is 3.64. The minimum atomic E-state index is -0.104. The Morgan fingerprint density at radius 3 is 2.79 bits per heavy atom. The van der Waals surface area contributed by atoms with E-state index in [0.29, 0.717) is 15.8 Å². The normalized spacial score (nSPS) is 16.3. The van der Waals surface area contributed by atoms with Crippen molar-refractivity contribution in [3.8, 4) is 0 Å². The number of nitrogens with one attached hydrogen (secondary N) is 2. The summed E-state index contributed by atoms with van der Waals surface area (Å²) < 4.78 is 0. The SMILES string of the molecule is CNc1nc(N)c(C(=O)NCCC2CCCCC2)s1. The molecule has 1 aliphatic rings. The lowest BCUT2D eigenvalue weighted by Gasteiger charge is -2.21. The van der Waals surface area contributed by atoms with Gasteiger partial charge >= 0.3 is 0 Å². The largest absolute Gasteiger partial charge is 0.382 e. The maximum Gasteiger partial charge on any atom is 0.265 e. The second-order valence-corrected chi connectivity index (χ2v) is 6.03. The topological polar surface area (TPSA) is 80.0 Å². The first-order valence-electron chi connectivity index (χ1n) is 6.93. The molecule has 0 radical (unpaired) electrons. The van der Waals surface area contributed by atoms with Gasteiger partial charge in [0.2, 0.25) is 0 Å². The average Bonchev–Trinajstić information content (AvgIpc) is 2.81. The monoisotopic (exact) mass is 282 g/mol. The van der Waals surface area contributed by atoms with E-state index in [1.54, 1.807) is 7.05 Å². The highest BCUT2D eigenvalue weighted by Gasteiger charge is 2.17. The zero-order chi connectivity index (χ0) is 13.7. The van der Waals surface area contributed by atoms with Crippen LogP contribution in [0, 0.1) is 5.92 Å². The molecule has 0 aromatic carbocycles. The van der Waals surface area contributed by atoms with Crippen LogP contribution in [-0.2, 0) is 0 Å². The van der Waals surface area contributed by atoms with Gasteiger partial charge in [-0.3, -0.25) is 4.79 Å². The molecule has 1 aromatic heterocycles. The highest BCUT2D eigenvalue weighted by atomic mass is 32.1. The van der Waals surface area contributed by atoms with E-state index in [1.807, 2.05) is 0 Å². The molecule has 1 fully saturated rings. The summed E-state index contributed by atoms with van der Waals surface area (Å²) in [6, 6.07) is 0. The van der Waals surface area contributed by atoms with Crippen molar-refractivity contribution in [3.05, 3.63) is 4.88 Å². The highest BCUT2D eigenvalue weighted by molar-refractivity contribution is 7.18. The average molecular weight is 282 g/mol. The highest BCUT2D eigenvalue weighted by Crippen LogP contribution is 2.26. The van der Waals surface area contributed by atoms with Crippen LogP contribution in [0.25, 0.3) is 0 Å². The molecule has 0 bridgehead atoms. The fraction of sp³-hybridized carbons (Fsp3) is 0.692. The number of hydrogen-bond donors (Lipinski definition) is 3. The predicted molar refractivity (Wildman–Crippen MR) is 79.6 cm³/mol. The lowest BCUT2D eigenvalue weighted by molar-refractivity contribution is 0.0955. The van der Waals surface area contributed by atoms with E-state index < -0.39 is 0 Å². The molecule has 1 amide bonds. The Balaban J connectivity index is 1.78. The summed E-state index contributed by atoms with van der Waals surface area (Å²) in [5, 5.41) is 6.52. The Hall–Kier alpha value is -1.30. The fourth-order valence-electron chi connectivity index (χ4n) is 2.55. The van der Waals surface area contributed by atoms with Crippen molar-refractivity contribution in [2.24, 2.45) is 5.92 Å². The molecule has 0 aliphatic heterocycles. The minimum Gasteiger partial charge on any atom is -0.382 e. The van der Waals surface area contributed by atoms with Gasteiger partial charge < -0.3 is 16.4 Å². The molecule has 19 heavy (non-hydrogen) atoms. The number of thiazole rings is 1. The van der Waals surface area contributed by atoms with Gasteiger partial charge in [0, 0.05) is 13.6 Å². The van der Waals surface area contributed by atoms with Crippen LogP contribution in [0.3, 0.4) is 0 Å². The van der Waals surface area contributed by atoms with Gasteiger partial charge in [0.05, 0.1) is 0 Å². The molecule has 2 rings (SSSR count). The number of nitrogens with zero attached hydrogens (tertiary/aromatic N) is 1. The predicted octanol–water partition coefficient (Wildman–Crippen LogP) is 2.47. The van der Waals surface area contributed by atoms with Crippen LogP contribution in [-0.4, -0.2) is 24.5 Å². The minimum absolute atomic E-state index is 0.104. The summed E-state index contributed by atoms with van der Waals surface area (Å²) in [6.45, 7) is 0.732. The van der Waals surface area contributed by atoms with Gasteiger partial charge in [-0.05, 0) is 12.3 Å². The zero-order valence-corrected chi connectivity index (χ0v) is 12.2. The van der Waals surface area contributed by atoms with E-state index in [4.69, 9.17) is 5.73 Å². The van der Waals surface area contributed by atoms with Crippen LogP contribution >= 0.6 is 11.3 Å². The molecule has 0 unspecified atom stereocenters. The number of nitrogen functional groups attached to an aromatic ring is 1. The van der Waals surface area contributed by atoms with E-state index in [1.165, 1.54) is 43.4 Å². The van der Waals surface area contributed by atoms with Gasteiger partial charge in [-0.15, -0.1) is 0 Å². The first-order chi connectivity index (χ1) is 9.20. The number of rotatable bonds is 5. The molecule has 106 valence electrons. The molecule has 1 heterocycles.